The Morgan fingerprint density at radius 2 is 2.21 bits per heavy atom. The Labute approximate surface area is 139 Å². The van der Waals surface area contributed by atoms with Crippen LogP contribution in [0.5, 0.6) is 0 Å². The van der Waals surface area contributed by atoms with Crippen molar-refractivity contribution in [2.45, 2.75) is 6.92 Å². The summed E-state index contributed by atoms with van der Waals surface area (Å²) in [7, 11) is 0. The third kappa shape index (κ3) is 2.62. The lowest BCUT2D eigenvalue weighted by molar-refractivity contribution is -0.119. The van der Waals surface area contributed by atoms with Crippen LogP contribution in [-0.4, -0.2) is 28.4 Å². The number of nitriles is 1. The second-order valence-electron chi connectivity index (χ2n) is 5.29. The minimum Gasteiger partial charge on any atom is -0.362 e. The SMILES string of the molecule is C#CCNC(=O)CNc1cc(C)c(C#N)c2nc3ccccc3n12. The highest BCUT2D eigenvalue weighted by Crippen LogP contribution is 2.26. The summed E-state index contributed by atoms with van der Waals surface area (Å²) in [5, 5.41) is 15.1. The third-order valence-electron chi connectivity index (χ3n) is 3.70. The molecule has 118 valence electrons. The Kier molecular flexibility index (Phi) is 4.05. The number of benzene rings is 1. The number of aromatic nitrogens is 2. The minimum atomic E-state index is -0.201. The van der Waals surface area contributed by atoms with Crippen LogP contribution in [0.2, 0.25) is 0 Å². The number of para-hydroxylation sites is 2. The van der Waals surface area contributed by atoms with Gasteiger partial charge in [-0.05, 0) is 30.7 Å². The zero-order valence-corrected chi connectivity index (χ0v) is 13.1. The van der Waals surface area contributed by atoms with E-state index in [1.165, 1.54) is 0 Å². The van der Waals surface area contributed by atoms with Gasteiger partial charge < -0.3 is 10.6 Å². The van der Waals surface area contributed by atoms with Crippen molar-refractivity contribution in [3.8, 4) is 18.4 Å². The Bertz CT molecular complexity index is 1020. The number of anilines is 1. The van der Waals surface area contributed by atoms with Gasteiger partial charge >= 0.3 is 0 Å². The fraction of sp³-hybridized carbons (Fsp3) is 0.167. The van der Waals surface area contributed by atoms with Crippen LogP contribution in [0.25, 0.3) is 16.7 Å². The average molecular weight is 317 g/mol. The van der Waals surface area contributed by atoms with Crippen molar-refractivity contribution in [2.24, 2.45) is 0 Å². The molecule has 0 aliphatic carbocycles. The van der Waals surface area contributed by atoms with Gasteiger partial charge in [0.1, 0.15) is 11.9 Å². The van der Waals surface area contributed by atoms with Gasteiger partial charge in [-0.15, -0.1) is 6.42 Å². The molecule has 0 aliphatic heterocycles. The Morgan fingerprint density at radius 3 is 2.96 bits per heavy atom. The number of fused-ring (bicyclic) bond motifs is 3. The van der Waals surface area contributed by atoms with Crippen LogP contribution >= 0.6 is 0 Å². The van der Waals surface area contributed by atoms with E-state index in [0.29, 0.717) is 17.0 Å². The number of carbonyl (C=O) groups is 1. The molecule has 3 rings (SSSR count). The number of terminal acetylenes is 1. The van der Waals surface area contributed by atoms with E-state index < -0.39 is 0 Å². The van der Waals surface area contributed by atoms with E-state index in [1.54, 1.807) is 0 Å². The fourth-order valence-corrected chi connectivity index (χ4v) is 2.61. The predicted molar refractivity (Wildman–Crippen MR) is 92.5 cm³/mol. The number of amides is 1. The van der Waals surface area contributed by atoms with Gasteiger partial charge in [0.2, 0.25) is 5.91 Å². The van der Waals surface area contributed by atoms with E-state index in [-0.39, 0.29) is 19.0 Å². The van der Waals surface area contributed by atoms with E-state index in [4.69, 9.17) is 6.42 Å². The van der Waals surface area contributed by atoms with E-state index in [9.17, 15) is 10.1 Å². The number of nitrogens with zero attached hydrogens (tertiary/aromatic N) is 3. The first-order valence-electron chi connectivity index (χ1n) is 7.40. The lowest BCUT2D eigenvalue weighted by atomic mass is 10.1. The molecule has 0 aliphatic rings. The molecule has 1 aromatic carbocycles. The highest BCUT2D eigenvalue weighted by atomic mass is 16.1. The topological polar surface area (TPSA) is 82.2 Å². The summed E-state index contributed by atoms with van der Waals surface area (Å²) in [6, 6.07) is 11.7. The molecule has 24 heavy (non-hydrogen) atoms. The van der Waals surface area contributed by atoms with E-state index >= 15 is 0 Å². The van der Waals surface area contributed by atoms with Crippen molar-refractivity contribution in [1.82, 2.24) is 14.7 Å². The van der Waals surface area contributed by atoms with Crippen LogP contribution in [0.1, 0.15) is 11.1 Å². The summed E-state index contributed by atoms with van der Waals surface area (Å²) >= 11 is 0. The third-order valence-corrected chi connectivity index (χ3v) is 3.70. The number of nitrogens with one attached hydrogen (secondary N) is 2. The number of imidazole rings is 1. The molecule has 2 heterocycles. The van der Waals surface area contributed by atoms with E-state index in [2.05, 4.69) is 27.6 Å². The highest BCUT2D eigenvalue weighted by molar-refractivity contribution is 5.86. The smallest absolute Gasteiger partial charge is 0.240 e. The summed E-state index contributed by atoms with van der Waals surface area (Å²) in [5.74, 6) is 2.86. The van der Waals surface area contributed by atoms with Crippen LogP contribution in [0.15, 0.2) is 30.3 Å². The normalized spacial score (nSPS) is 10.3. The zero-order valence-electron chi connectivity index (χ0n) is 13.1. The quantitative estimate of drug-likeness (QED) is 0.719. The molecule has 0 atom stereocenters. The lowest BCUT2D eigenvalue weighted by Crippen LogP contribution is -2.30. The number of hydrogen-bond donors (Lipinski definition) is 2. The molecule has 2 N–H and O–H groups in total. The van der Waals surface area contributed by atoms with Crippen molar-refractivity contribution in [2.75, 3.05) is 18.4 Å². The lowest BCUT2D eigenvalue weighted by Gasteiger charge is -2.12. The van der Waals surface area contributed by atoms with Crippen LogP contribution in [-0.2, 0) is 4.79 Å². The molecule has 0 unspecified atom stereocenters. The molecule has 6 nitrogen and oxygen atoms in total. The molecule has 0 radical (unpaired) electrons. The molecule has 0 saturated carbocycles. The summed E-state index contributed by atoms with van der Waals surface area (Å²) in [4.78, 5) is 16.3. The molecule has 0 fully saturated rings. The Hall–Kier alpha value is -3.51. The maximum Gasteiger partial charge on any atom is 0.240 e. The van der Waals surface area contributed by atoms with Crippen molar-refractivity contribution in [3.63, 3.8) is 0 Å². The molecule has 0 saturated heterocycles. The number of pyridine rings is 1. The molecular weight excluding hydrogens is 302 g/mol. The molecule has 3 aromatic rings. The number of carbonyl (C=O) groups excluding carboxylic acids is 1. The van der Waals surface area contributed by atoms with Gasteiger partial charge in [-0.2, -0.15) is 5.26 Å². The number of rotatable bonds is 4. The summed E-state index contributed by atoms with van der Waals surface area (Å²) in [5.41, 5.74) is 3.56. The van der Waals surface area contributed by atoms with Crippen LogP contribution in [0, 0.1) is 30.6 Å². The van der Waals surface area contributed by atoms with Gasteiger partial charge in [0.25, 0.3) is 0 Å². The van der Waals surface area contributed by atoms with E-state index in [0.717, 1.165) is 16.6 Å². The Morgan fingerprint density at radius 1 is 1.42 bits per heavy atom. The fourth-order valence-electron chi connectivity index (χ4n) is 2.61. The molecule has 1 amide bonds. The van der Waals surface area contributed by atoms with Gasteiger partial charge in [0.15, 0.2) is 5.65 Å². The zero-order chi connectivity index (χ0) is 17.1. The van der Waals surface area contributed by atoms with Gasteiger partial charge in [-0.3, -0.25) is 9.20 Å². The average Bonchev–Trinajstić information content (AvgIpc) is 2.97. The van der Waals surface area contributed by atoms with Crippen molar-refractivity contribution < 1.29 is 4.79 Å². The molecule has 6 heteroatoms. The van der Waals surface area contributed by atoms with Crippen molar-refractivity contribution >= 4 is 28.4 Å². The first-order valence-corrected chi connectivity index (χ1v) is 7.40. The summed E-state index contributed by atoms with van der Waals surface area (Å²) in [6.45, 7) is 2.12. The highest BCUT2D eigenvalue weighted by Gasteiger charge is 2.15. The predicted octanol–water partition coefficient (Wildman–Crippen LogP) is 1.83. The molecule has 0 bridgehead atoms. The first kappa shape index (κ1) is 15.4. The minimum absolute atomic E-state index is 0.0780. The summed E-state index contributed by atoms with van der Waals surface area (Å²) in [6.07, 6.45) is 5.13. The van der Waals surface area contributed by atoms with E-state index in [1.807, 2.05) is 41.7 Å². The maximum absolute atomic E-state index is 11.8. The largest absolute Gasteiger partial charge is 0.362 e. The van der Waals surface area contributed by atoms with Gasteiger partial charge in [0, 0.05) is 0 Å². The maximum atomic E-state index is 11.8. The number of hydrogen-bond acceptors (Lipinski definition) is 4. The van der Waals surface area contributed by atoms with Gasteiger partial charge in [-0.1, -0.05) is 18.1 Å². The van der Waals surface area contributed by atoms with Gasteiger partial charge in [-0.25, -0.2) is 4.98 Å². The number of aryl methyl sites for hydroxylation is 1. The Balaban J connectivity index is 2.09. The summed E-state index contributed by atoms with van der Waals surface area (Å²) < 4.78 is 1.86. The first-order chi connectivity index (χ1) is 11.7. The van der Waals surface area contributed by atoms with Gasteiger partial charge in [0.05, 0.1) is 29.7 Å². The van der Waals surface area contributed by atoms with Crippen LogP contribution in [0.4, 0.5) is 5.82 Å². The molecule has 0 spiro atoms. The molecular formula is C18H15N5O. The second-order valence-corrected chi connectivity index (χ2v) is 5.29. The standard InChI is InChI=1S/C18H15N5O/c1-3-8-20-17(24)11-21-16-9-12(2)13(10-19)18-22-14-6-4-5-7-15(14)23(16)18/h1,4-7,9,21H,8,11H2,2H3,(H,20,24). The van der Waals surface area contributed by atoms with Crippen LogP contribution < -0.4 is 10.6 Å². The molecule has 2 aromatic heterocycles. The monoisotopic (exact) mass is 317 g/mol. The second kappa shape index (κ2) is 6.31. The van der Waals surface area contributed by atoms with Crippen LogP contribution in [0.3, 0.4) is 0 Å². The van der Waals surface area contributed by atoms with Crippen molar-refractivity contribution in [3.05, 3.63) is 41.5 Å². The van der Waals surface area contributed by atoms with Crippen molar-refractivity contribution in [1.29, 1.82) is 5.26 Å².